The molecule has 0 spiro atoms. The molecule has 6 nitrogen and oxygen atoms in total. The Kier molecular flexibility index (Phi) is 5.48. The molecule has 2 amide bonds. The number of aromatic nitrogens is 1. The Morgan fingerprint density at radius 2 is 2.00 bits per heavy atom. The molecule has 0 saturated heterocycles. The first-order valence-corrected chi connectivity index (χ1v) is 7.29. The van der Waals surface area contributed by atoms with Crippen LogP contribution in [0.3, 0.4) is 0 Å². The zero-order valence-electron chi connectivity index (χ0n) is 11.7. The van der Waals surface area contributed by atoms with Gasteiger partial charge in [0.15, 0.2) is 6.10 Å². The van der Waals surface area contributed by atoms with Crippen LogP contribution in [0.2, 0.25) is 0 Å². The van der Waals surface area contributed by atoms with Gasteiger partial charge in [-0.3, -0.25) is 25.4 Å². The molecule has 114 valence electrons. The Morgan fingerprint density at radius 1 is 1.18 bits per heavy atom. The van der Waals surface area contributed by atoms with Crippen LogP contribution in [-0.4, -0.2) is 22.9 Å². The molecule has 1 aromatic heterocycles. The number of rotatable bonds is 4. The molecule has 7 heteroatoms. The smallest absolute Gasteiger partial charge is 0.288 e. The Hall–Kier alpha value is -2.41. The van der Waals surface area contributed by atoms with Crippen molar-refractivity contribution in [2.45, 2.75) is 13.0 Å². The second-order valence-electron chi connectivity index (χ2n) is 4.38. The maximum Gasteiger partial charge on any atom is 0.288 e. The quantitative estimate of drug-likeness (QED) is 0.814. The van der Waals surface area contributed by atoms with Crippen LogP contribution >= 0.6 is 15.9 Å². The molecule has 22 heavy (non-hydrogen) atoms. The lowest BCUT2D eigenvalue weighted by molar-refractivity contribution is -0.128. The molecule has 0 aliphatic rings. The first-order chi connectivity index (χ1) is 10.6. The number of halogens is 1. The molecule has 0 aliphatic heterocycles. The summed E-state index contributed by atoms with van der Waals surface area (Å²) in [5.41, 5.74) is 4.80. The summed E-state index contributed by atoms with van der Waals surface area (Å²) in [7, 11) is 0. The average Bonchev–Trinajstić information content (AvgIpc) is 2.53. The molecule has 0 aliphatic carbocycles. The average molecular weight is 364 g/mol. The second-order valence-corrected chi connectivity index (χ2v) is 5.29. The van der Waals surface area contributed by atoms with Crippen molar-refractivity contribution in [3.63, 3.8) is 0 Å². The standard InChI is InChI=1S/C15H14BrN3O3/c1-10(22-12-6-4-5-11(16)9-12)14(20)18-19-15(21)13-7-2-3-8-17-13/h2-10H,1H3,(H,18,20)(H,19,21)/t10-/m1/s1. The van der Waals surface area contributed by atoms with Crippen molar-refractivity contribution in [3.8, 4) is 5.75 Å². The van der Waals surface area contributed by atoms with Crippen molar-refractivity contribution >= 4 is 27.7 Å². The van der Waals surface area contributed by atoms with E-state index in [0.717, 1.165) is 4.47 Å². The molecule has 2 N–H and O–H groups in total. The highest BCUT2D eigenvalue weighted by Crippen LogP contribution is 2.18. The predicted octanol–water partition coefficient (Wildman–Crippen LogP) is 2.07. The number of ether oxygens (including phenoxy) is 1. The number of hydrazine groups is 1. The fraction of sp³-hybridized carbons (Fsp3) is 0.133. The van der Waals surface area contributed by atoms with Crippen molar-refractivity contribution in [2.75, 3.05) is 0 Å². The van der Waals surface area contributed by atoms with Crippen LogP contribution in [0.4, 0.5) is 0 Å². The third kappa shape index (κ3) is 4.56. The number of hydrogen-bond donors (Lipinski definition) is 2. The summed E-state index contributed by atoms with van der Waals surface area (Å²) in [6.07, 6.45) is 0.730. The lowest BCUT2D eigenvalue weighted by Crippen LogP contribution is -2.47. The van der Waals surface area contributed by atoms with Gasteiger partial charge in [0.2, 0.25) is 0 Å². The molecule has 0 radical (unpaired) electrons. The summed E-state index contributed by atoms with van der Waals surface area (Å²) in [6.45, 7) is 1.59. The molecule has 0 unspecified atom stereocenters. The van der Waals surface area contributed by atoms with Gasteiger partial charge in [0, 0.05) is 10.7 Å². The summed E-state index contributed by atoms with van der Waals surface area (Å²) in [5, 5.41) is 0. The van der Waals surface area contributed by atoms with E-state index in [-0.39, 0.29) is 5.69 Å². The van der Waals surface area contributed by atoms with Gasteiger partial charge in [0.1, 0.15) is 11.4 Å². The van der Waals surface area contributed by atoms with Crippen LogP contribution in [0.1, 0.15) is 17.4 Å². The molecule has 0 bridgehead atoms. The van der Waals surface area contributed by atoms with Gasteiger partial charge < -0.3 is 4.74 Å². The first-order valence-electron chi connectivity index (χ1n) is 6.49. The molecule has 1 aromatic carbocycles. The van der Waals surface area contributed by atoms with Crippen LogP contribution < -0.4 is 15.6 Å². The van der Waals surface area contributed by atoms with Gasteiger partial charge in [-0.05, 0) is 37.3 Å². The molecular formula is C15H14BrN3O3. The fourth-order valence-corrected chi connectivity index (χ4v) is 1.96. The number of carbonyl (C=O) groups excluding carboxylic acids is 2. The zero-order valence-corrected chi connectivity index (χ0v) is 13.3. The van der Waals surface area contributed by atoms with Crippen LogP contribution in [-0.2, 0) is 4.79 Å². The highest BCUT2D eigenvalue weighted by Gasteiger charge is 2.16. The Bertz CT molecular complexity index is 664. The summed E-state index contributed by atoms with van der Waals surface area (Å²) >= 11 is 3.32. The van der Waals surface area contributed by atoms with E-state index in [1.165, 1.54) is 6.20 Å². The number of benzene rings is 1. The van der Waals surface area contributed by atoms with Crippen LogP contribution in [0, 0.1) is 0 Å². The number of nitrogens with zero attached hydrogens (tertiary/aromatic N) is 1. The molecule has 1 heterocycles. The van der Waals surface area contributed by atoms with Gasteiger partial charge in [-0.1, -0.05) is 28.1 Å². The summed E-state index contributed by atoms with van der Waals surface area (Å²) in [5.74, 6) is -0.416. The topological polar surface area (TPSA) is 80.3 Å². The Morgan fingerprint density at radius 3 is 2.68 bits per heavy atom. The normalized spacial score (nSPS) is 11.4. The number of hydrogen-bond acceptors (Lipinski definition) is 4. The van der Waals surface area contributed by atoms with Crippen molar-refractivity contribution in [1.82, 2.24) is 15.8 Å². The van der Waals surface area contributed by atoms with Crippen molar-refractivity contribution in [1.29, 1.82) is 0 Å². The molecule has 0 fully saturated rings. The molecule has 0 saturated carbocycles. The highest BCUT2D eigenvalue weighted by atomic mass is 79.9. The van der Waals surface area contributed by atoms with Crippen molar-refractivity contribution in [2.24, 2.45) is 0 Å². The summed E-state index contributed by atoms with van der Waals surface area (Å²) in [6, 6.07) is 12.1. The monoisotopic (exact) mass is 363 g/mol. The van der Waals surface area contributed by atoms with E-state index in [2.05, 4.69) is 31.8 Å². The molecule has 2 aromatic rings. The fourth-order valence-electron chi connectivity index (χ4n) is 1.58. The first kappa shape index (κ1) is 16.0. The van der Waals surface area contributed by atoms with Gasteiger partial charge in [-0.2, -0.15) is 0 Å². The van der Waals surface area contributed by atoms with Gasteiger partial charge in [0.25, 0.3) is 11.8 Å². The van der Waals surface area contributed by atoms with Crippen LogP contribution in [0.5, 0.6) is 5.75 Å². The van der Waals surface area contributed by atoms with E-state index < -0.39 is 17.9 Å². The van der Waals surface area contributed by atoms with Gasteiger partial charge in [-0.15, -0.1) is 0 Å². The SMILES string of the molecule is C[C@@H](Oc1cccc(Br)c1)C(=O)NNC(=O)c1ccccn1. The minimum atomic E-state index is -0.765. The van der Waals surface area contributed by atoms with E-state index in [1.807, 2.05) is 6.07 Å². The largest absolute Gasteiger partial charge is 0.481 e. The number of pyridine rings is 1. The maximum absolute atomic E-state index is 11.9. The third-order valence-corrected chi connectivity index (χ3v) is 3.17. The maximum atomic E-state index is 11.9. The predicted molar refractivity (Wildman–Crippen MR) is 84.1 cm³/mol. The van der Waals surface area contributed by atoms with Crippen molar-refractivity contribution in [3.05, 3.63) is 58.8 Å². The van der Waals surface area contributed by atoms with Gasteiger partial charge in [-0.25, -0.2) is 0 Å². The number of carbonyl (C=O) groups is 2. The summed E-state index contributed by atoms with van der Waals surface area (Å²) in [4.78, 5) is 27.5. The minimum Gasteiger partial charge on any atom is -0.481 e. The molecule has 1 atom stereocenters. The van der Waals surface area contributed by atoms with E-state index in [0.29, 0.717) is 5.75 Å². The van der Waals surface area contributed by atoms with Crippen molar-refractivity contribution < 1.29 is 14.3 Å². The number of amides is 2. The molecular weight excluding hydrogens is 350 g/mol. The molecule has 2 rings (SSSR count). The highest BCUT2D eigenvalue weighted by molar-refractivity contribution is 9.10. The Labute approximate surface area is 136 Å². The minimum absolute atomic E-state index is 0.211. The van der Waals surface area contributed by atoms with Crippen LogP contribution in [0.15, 0.2) is 53.1 Å². The van der Waals surface area contributed by atoms with E-state index in [4.69, 9.17) is 4.74 Å². The zero-order chi connectivity index (χ0) is 15.9. The van der Waals surface area contributed by atoms with E-state index in [1.54, 1.807) is 43.3 Å². The Balaban J connectivity index is 1.85. The number of nitrogens with one attached hydrogen (secondary N) is 2. The third-order valence-electron chi connectivity index (χ3n) is 2.67. The lowest BCUT2D eigenvalue weighted by Gasteiger charge is -2.15. The van der Waals surface area contributed by atoms with Gasteiger partial charge in [0.05, 0.1) is 0 Å². The van der Waals surface area contributed by atoms with Crippen LogP contribution in [0.25, 0.3) is 0 Å². The summed E-state index contributed by atoms with van der Waals surface area (Å²) < 4.78 is 6.33. The second kappa shape index (κ2) is 7.56. The van der Waals surface area contributed by atoms with E-state index >= 15 is 0 Å². The van der Waals surface area contributed by atoms with E-state index in [9.17, 15) is 9.59 Å². The lowest BCUT2D eigenvalue weighted by atomic mass is 10.3. The van der Waals surface area contributed by atoms with Gasteiger partial charge >= 0.3 is 0 Å².